The van der Waals surface area contributed by atoms with Crippen LogP contribution in [0.15, 0.2) is 44.9 Å². The molecular formula is C14H15N4O2+. The van der Waals surface area contributed by atoms with Crippen molar-refractivity contribution in [3.63, 3.8) is 0 Å². The van der Waals surface area contributed by atoms with Crippen LogP contribution in [0, 0.1) is 0 Å². The van der Waals surface area contributed by atoms with E-state index in [9.17, 15) is 9.59 Å². The van der Waals surface area contributed by atoms with Gasteiger partial charge in [0.15, 0.2) is 6.34 Å². The van der Waals surface area contributed by atoms with Gasteiger partial charge in [0.1, 0.15) is 6.54 Å². The number of fused-ring (bicyclic) bond motifs is 1. The molecular weight excluding hydrogens is 256 g/mol. The van der Waals surface area contributed by atoms with E-state index in [0.29, 0.717) is 18.1 Å². The summed E-state index contributed by atoms with van der Waals surface area (Å²) in [7, 11) is 3.51. The molecule has 0 aliphatic carbocycles. The number of nitrogens with zero attached hydrogens (tertiary/aromatic N) is 3. The van der Waals surface area contributed by atoms with Crippen molar-refractivity contribution >= 4 is 17.8 Å². The van der Waals surface area contributed by atoms with Crippen LogP contribution in [0.25, 0.3) is 0 Å². The standard InChI is InChI=1S/C14H14N4O2/c1-17-12-11(13(19)16-14(17)20)18(2,9-15-12)8-10-6-4-3-5-7-10/h3-7,9H,8H2,1-2H3/p+1. The Balaban J connectivity index is 2.14. The molecule has 20 heavy (non-hydrogen) atoms. The first kappa shape index (κ1) is 12.6. The molecule has 2 aromatic rings. The number of aliphatic imine (C=N–C) groups is 1. The van der Waals surface area contributed by atoms with Crippen molar-refractivity contribution in [3.05, 3.63) is 56.7 Å². The average Bonchev–Trinajstić information content (AvgIpc) is 2.75. The first-order valence-electron chi connectivity index (χ1n) is 6.29. The number of nitrogens with one attached hydrogen (secondary N) is 1. The molecule has 0 saturated heterocycles. The second-order valence-electron chi connectivity index (χ2n) is 5.15. The quantitative estimate of drug-likeness (QED) is 0.824. The van der Waals surface area contributed by atoms with Crippen LogP contribution in [-0.4, -0.2) is 22.9 Å². The SMILES string of the molecule is Cn1c2c(c(=O)[nH]c1=O)[N+](C)(Cc1ccccc1)C=N2. The van der Waals surface area contributed by atoms with E-state index in [-0.39, 0.29) is 10.0 Å². The number of benzene rings is 1. The third-order valence-corrected chi connectivity index (χ3v) is 3.57. The summed E-state index contributed by atoms with van der Waals surface area (Å²) >= 11 is 0. The maximum Gasteiger partial charge on any atom is 0.330 e. The Morgan fingerprint density at radius 3 is 2.65 bits per heavy atom. The van der Waals surface area contributed by atoms with Crippen molar-refractivity contribution in [1.29, 1.82) is 0 Å². The van der Waals surface area contributed by atoms with Gasteiger partial charge >= 0.3 is 11.2 Å². The lowest BCUT2D eigenvalue weighted by Crippen LogP contribution is -2.45. The van der Waals surface area contributed by atoms with Gasteiger partial charge in [-0.15, -0.1) is 0 Å². The molecule has 1 aromatic carbocycles. The number of hydrogen-bond donors (Lipinski definition) is 1. The zero-order valence-electron chi connectivity index (χ0n) is 11.3. The highest BCUT2D eigenvalue weighted by molar-refractivity contribution is 5.86. The maximum absolute atomic E-state index is 12.1. The van der Waals surface area contributed by atoms with Crippen molar-refractivity contribution in [3.8, 4) is 0 Å². The molecule has 102 valence electrons. The summed E-state index contributed by atoms with van der Waals surface area (Å²) in [5, 5.41) is 0. The topological polar surface area (TPSA) is 67.2 Å². The number of aromatic amines is 1. The molecule has 3 rings (SSSR count). The molecule has 1 atom stereocenters. The third-order valence-electron chi connectivity index (χ3n) is 3.57. The van der Waals surface area contributed by atoms with E-state index in [2.05, 4.69) is 9.98 Å². The molecule has 0 saturated carbocycles. The zero-order chi connectivity index (χ0) is 14.3. The first-order chi connectivity index (χ1) is 9.51. The van der Waals surface area contributed by atoms with E-state index in [1.54, 1.807) is 13.4 Å². The van der Waals surface area contributed by atoms with E-state index in [1.165, 1.54) is 4.57 Å². The second-order valence-corrected chi connectivity index (χ2v) is 5.15. The van der Waals surface area contributed by atoms with Crippen molar-refractivity contribution in [2.24, 2.45) is 12.0 Å². The Bertz CT molecular complexity index is 804. The van der Waals surface area contributed by atoms with Crippen LogP contribution in [0.4, 0.5) is 11.5 Å². The van der Waals surface area contributed by atoms with Gasteiger partial charge in [-0.2, -0.15) is 4.99 Å². The predicted octanol–water partition coefficient (Wildman–Crippen LogP) is 0.884. The van der Waals surface area contributed by atoms with Gasteiger partial charge in [0.05, 0.1) is 7.05 Å². The molecule has 1 aliphatic heterocycles. The highest BCUT2D eigenvalue weighted by Gasteiger charge is 2.37. The van der Waals surface area contributed by atoms with Crippen LogP contribution >= 0.6 is 0 Å². The molecule has 1 aliphatic rings. The number of rotatable bonds is 2. The summed E-state index contributed by atoms with van der Waals surface area (Å²) < 4.78 is 1.62. The Morgan fingerprint density at radius 1 is 1.25 bits per heavy atom. The summed E-state index contributed by atoms with van der Waals surface area (Å²) in [5.74, 6) is 0.428. The lowest BCUT2D eigenvalue weighted by molar-refractivity contribution is 0.500. The summed E-state index contributed by atoms with van der Waals surface area (Å²) in [6.07, 6.45) is 1.70. The van der Waals surface area contributed by atoms with Crippen molar-refractivity contribution < 1.29 is 0 Å². The van der Waals surface area contributed by atoms with Gasteiger partial charge in [0.25, 0.3) is 0 Å². The summed E-state index contributed by atoms with van der Waals surface area (Å²) in [6.45, 7) is 0.610. The lowest BCUT2D eigenvalue weighted by atomic mass is 10.2. The number of quaternary nitrogens is 1. The highest BCUT2D eigenvalue weighted by atomic mass is 16.2. The Kier molecular flexibility index (Phi) is 2.69. The molecule has 1 unspecified atom stereocenters. The van der Waals surface area contributed by atoms with Gasteiger partial charge < -0.3 is 0 Å². The molecule has 6 nitrogen and oxygen atoms in total. The largest absolute Gasteiger partial charge is 0.330 e. The van der Waals surface area contributed by atoms with E-state index in [0.717, 1.165) is 5.56 Å². The lowest BCUT2D eigenvalue weighted by Gasteiger charge is -2.24. The second kappa shape index (κ2) is 4.28. The van der Waals surface area contributed by atoms with Crippen molar-refractivity contribution in [2.45, 2.75) is 6.54 Å². The van der Waals surface area contributed by atoms with Gasteiger partial charge in [0.2, 0.25) is 11.5 Å². The van der Waals surface area contributed by atoms with Gasteiger partial charge in [-0.25, -0.2) is 9.28 Å². The van der Waals surface area contributed by atoms with Crippen molar-refractivity contribution in [1.82, 2.24) is 14.0 Å². The van der Waals surface area contributed by atoms with Crippen molar-refractivity contribution in [2.75, 3.05) is 7.05 Å². The fourth-order valence-corrected chi connectivity index (χ4v) is 2.53. The summed E-state index contributed by atoms with van der Waals surface area (Å²) in [5.41, 5.74) is 0.775. The fourth-order valence-electron chi connectivity index (χ4n) is 2.53. The minimum atomic E-state index is -0.445. The molecule has 0 spiro atoms. The van der Waals surface area contributed by atoms with Crippen LogP contribution in [0.5, 0.6) is 0 Å². The van der Waals surface area contributed by atoms with Gasteiger partial charge in [0, 0.05) is 12.6 Å². The zero-order valence-corrected chi connectivity index (χ0v) is 11.3. The average molecular weight is 271 g/mol. The minimum absolute atomic E-state index is 0.253. The third kappa shape index (κ3) is 1.81. The highest BCUT2D eigenvalue weighted by Crippen LogP contribution is 2.33. The molecule has 0 amide bonds. The smallest absolute Gasteiger partial charge is 0.276 e. The molecule has 0 fully saturated rings. The number of aromatic nitrogens is 2. The van der Waals surface area contributed by atoms with Gasteiger partial charge in [-0.3, -0.25) is 14.3 Å². The van der Waals surface area contributed by atoms with E-state index in [1.807, 2.05) is 37.4 Å². The monoisotopic (exact) mass is 271 g/mol. The van der Waals surface area contributed by atoms with Crippen LogP contribution in [0.3, 0.4) is 0 Å². The van der Waals surface area contributed by atoms with E-state index < -0.39 is 5.69 Å². The minimum Gasteiger partial charge on any atom is -0.276 e. The van der Waals surface area contributed by atoms with Crippen LogP contribution < -0.4 is 15.7 Å². The fraction of sp³-hybridized carbons (Fsp3) is 0.214. The Labute approximate surface area is 115 Å². The van der Waals surface area contributed by atoms with Gasteiger partial charge in [-0.1, -0.05) is 30.3 Å². The molecule has 6 heteroatoms. The van der Waals surface area contributed by atoms with Gasteiger partial charge in [-0.05, 0) is 0 Å². The van der Waals surface area contributed by atoms with E-state index >= 15 is 0 Å². The Morgan fingerprint density at radius 2 is 1.95 bits per heavy atom. The first-order valence-corrected chi connectivity index (χ1v) is 6.29. The van der Waals surface area contributed by atoms with Crippen LogP contribution in [-0.2, 0) is 13.6 Å². The molecule has 2 heterocycles. The summed E-state index contributed by atoms with van der Waals surface area (Å²) in [4.78, 5) is 30.3. The number of H-pyrrole nitrogens is 1. The molecule has 0 bridgehead atoms. The van der Waals surface area contributed by atoms with Crippen LogP contribution in [0.2, 0.25) is 0 Å². The summed E-state index contributed by atoms with van der Waals surface area (Å²) in [6, 6.07) is 9.88. The molecule has 1 aromatic heterocycles. The molecule has 1 N–H and O–H groups in total. The Hall–Kier alpha value is -2.47. The predicted molar refractivity (Wildman–Crippen MR) is 78.3 cm³/mol. The normalized spacial score (nSPS) is 20.1. The maximum atomic E-state index is 12.1. The molecule has 0 radical (unpaired) electrons. The van der Waals surface area contributed by atoms with E-state index in [4.69, 9.17) is 0 Å². The number of hydrogen-bond acceptors (Lipinski definition) is 3. The van der Waals surface area contributed by atoms with Crippen LogP contribution in [0.1, 0.15) is 5.56 Å².